The fourth-order valence-corrected chi connectivity index (χ4v) is 3.16. The Bertz CT molecular complexity index is 937. The SMILES string of the molecule is CC(C)(C)NC(=O)COc1ccc2ccccc2c1CNCc1ccccc1.Cl. The molecule has 0 bridgehead atoms. The second kappa shape index (κ2) is 10.3. The van der Waals surface area contributed by atoms with Gasteiger partial charge in [0.15, 0.2) is 6.61 Å². The number of hydrogen-bond acceptors (Lipinski definition) is 3. The van der Waals surface area contributed by atoms with Crippen LogP contribution in [0.4, 0.5) is 0 Å². The highest BCUT2D eigenvalue weighted by molar-refractivity contribution is 5.88. The predicted octanol–water partition coefficient (Wildman–Crippen LogP) is 4.84. The number of carbonyl (C=O) groups excluding carboxylic acids is 1. The van der Waals surface area contributed by atoms with Crippen molar-refractivity contribution in [2.75, 3.05) is 6.61 Å². The van der Waals surface area contributed by atoms with Gasteiger partial charge in [-0.1, -0.05) is 60.7 Å². The van der Waals surface area contributed by atoms with E-state index >= 15 is 0 Å². The smallest absolute Gasteiger partial charge is 0.258 e. The van der Waals surface area contributed by atoms with Crippen LogP contribution in [0.5, 0.6) is 5.75 Å². The van der Waals surface area contributed by atoms with Crippen LogP contribution in [0.25, 0.3) is 10.8 Å². The molecule has 1 amide bonds. The summed E-state index contributed by atoms with van der Waals surface area (Å²) >= 11 is 0. The molecule has 0 saturated carbocycles. The van der Waals surface area contributed by atoms with E-state index in [1.807, 2.05) is 63.2 Å². The number of benzene rings is 3. The minimum Gasteiger partial charge on any atom is -0.483 e. The lowest BCUT2D eigenvalue weighted by molar-refractivity contribution is -0.124. The zero-order valence-corrected chi connectivity index (χ0v) is 18.0. The quantitative estimate of drug-likeness (QED) is 0.583. The molecule has 3 aromatic carbocycles. The van der Waals surface area contributed by atoms with E-state index in [2.05, 4.69) is 34.9 Å². The Morgan fingerprint density at radius 3 is 2.31 bits per heavy atom. The van der Waals surface area contributed by atoms with Crippen molar-refractivity contribution in [3.63, 3.8) is 0 Å². The van der Waals surface area contributed by atoms with Crippen LogP contribution in [-0.4, -0.2) is 18.1 Å². The van der Waals surface area contributed by atoms with Gasteiger partial charge in [0.05, 0.1) is 0 Å². The van der Waals surface area contributed by atoms with E-state index in [1.54, 1.807) is 0 Å². The number of hydrogen-bond donors (Lipinski definition) is 2. The number of fused-ring (bicyclic) bond motifs is 1. The molecule has 3 rings (SSSR count). The van der Waals surface area contributed by atoms with Gasteiger partial charge in [0.25, 0.3) is 5.91 Å². The maximum atomic E-state index is 12.2. The van der Waals surface area contributed by atoms with Gasteiger partial charge in [0.2, 0.25) is 0 Å². The highest BCUT2D eigenvalue weighted by Crippen LogP contribution is 2.28. The van der Waals surface area contributed by atoms with E-state index < -0.39 is 0 Å². The van der Waals surface area contributed by atoms with Crippen molar-refractivity contribution in [2.24, 2.45) is 0 Å². The van der Waals surface area contributed by atoms with Crippen molar-refractivity contribution < 1.29 is 9.53 Å². The first-order valence-corrected chi connectivity index (χ1v) is 9.61. The molecule has 154 valence electrons. The summed E-state index contributed by atoms with van der Waals surface area (Å²) in [5.41, 5.74) is 2.02. The van der Waals surface area contributed by atoms with Gasteiger partial charge in [-0.2, -0.15) is 0 Å². The van der Waals surface area contributed by atoms with Crippen LogP contribution in [0.1, 0.15) is 31.9 Å². The van der Waals surface area contributed by atoms with E-state index in [0.717, 1.165) is 28.6 Å². The average Bonchev–Trinajstić information content (AvgIpc) is 2.66. The van der Waals surface area contributed by atoms with Gasteiger partial charge in [0, 0.05) is 24.2 Å². The summed E-state index contributed by atoms with van der Waals surface area (Å²) in [5.74, 6) is 0.618. The third-order valence-electron chi connectivity index (χ3n) is 4.34. The van der Waals surface area contributed by atoms with Crippen LogP contribution in [0.3, 0.4) is 0 Å². The van der Waals surface area contributed by atoms with Crippen molar-refractivity contribution in [2.45, 2.75) is 39.4 Å². The van der Waals surface area contributed by atoms with Crippen LogP contribution < -0.4 is 15.4 Å². The molecule has 5 heteroatoms. The molecule has 3 aromatic rings. The first-order chi connectivity index (χ1) is 13.4. The summed E-state index contributed by atoms with van der Waals surface area (Å²) in [6.07, 6.45) is 0. The Labute approximate surface area is 179 Å². The lowest BCUT2D eigenvalue weighted by Gasteiger charge is -2.21. The van der Waals surface area contributed by atoms with Crippen LogP contribution in [0.2, 0.25) is 0 Å². The van der Waals surface area contributed by atoms with Crippen molar-refractivity contribution in [1.82, 2.24) is 10.6 Å². The summed E-state index contributed by atoms with van der Waals surface area (Å²) in [6.45, 7) is 7.31. The summed E-state index contributed by atoms with van der Waals surface area (Å²) in [5, 5.41) is 8.72. The molecule has 0 aliphatic rings. The second-order valence-corrected chi connectivity index (χ2v) is 7.94. The summed E-state index contributed by atoms with van der Waals surface area (Å²) < 4.78 is 5.90. The molecule has 0 aliphatic heterocycles. The van der Waals surface area contributed by atoms with Gasteiger partial charge in [-0.15, -0.1) is 12.4 Å². The Morgan fingerprint density at radius 2 is 1.59 bits per heavy atom. The Balaban J connectivity index is 0.00000300. The fraction of sp³-hybridized carbons (Fsp3) is 0.292. The lowest BCUT2D eigenvalue weighted by Crippen LogP contribution is -2.43. The number of nitrogens with one attached hydrogen (secondary N) is 2. The third-order valence-corrected chi connectivity index (χ3v) is 4.34. The van der Waals surface area contributed by atoms with Gasteiger partial charge in [-0.25, -0.2) is 0 Å². The Morgan fingerprint density at radius 1 is 0.897 bits per heavy atom. The number of halogens is 1. The predicted molar refractivity (Wildman–Crippen MR) is 122 cm³/mol. The molecule has 0 atom stereocenters. The normalized spacial score (nSPS) is 11.0. The van der Waals surface area contributed by atoms with E-state index in [1.165, 1.54) is 5.56 Å². The first-order valence-electron chi connectivity index (χ1n) is 9.61. The first kappa shape index (κ1) is 22.7. The van der Waals surface area contributed by atoms with E-state index in [-0.39, 0.29) is 30.5 Å². The molecule has 0 saturated heterocycles. The van der Waals surface area contributed by atoms with Gasteiger partial charge >= 0.3 is 0 Å². The summed E-state index contributed by atoms with van der Waals surface area (Å²) in [7, 11) is 0. The highest BCUT2D eigenvalue weighted by Gasteiger charge is 2.15. The molecule has 0 aliphatic carbocycles. The minimum absolute atomic E-state index is 0. The molecule has 0 heterocycles. The molecule has 4 nitrogen and oxygen atoms in total. The number of carbonyl (C=O) groups is 1. The molecular weight excluding hydrogens is 384 g/mol. The second-order valence-electron chi connectivity index (χ2n) is 7.94. The van der Waals surface area contributed by atoms with Crippen molar-refractivity contribution in [1.29, 1.82) is 0 Å². The number of rotatable bonds is 7. The molecule has 0 radical (unpaired) electrons. The van der Waals surface area contributed by atoms with Crippen LogP contribution in [0, 0.1) is 0 Å². The zero-order valence-electron chi connectivity index (χ0n) is 17.2. The van der Waals surface area contributed by atoms with Gasteiger partial charge in [0.1, 0.15) is 5.75 Å². The monoisotopic (exact) mass is 412 g/mol. The molecule has 0 spiro atoms. The van der Waals surface area contributed by atoms with E-state index in [0.29, 0.717) is 6.54 Å². The zero-order chi connectivity index (χ0) is 20.0. The molecule has 0 unspecified atom stereocenters. The molecular formula is C24H29ClN2O2. The van der Waals surface area contributed by atoms with Crippen molar-refractivity contribution in [3.8, 4) is 5.75 Å². The third kappa shape index (κ3) is 6.77. The van der Waals surface area contributed by atoms with Crippen LogP contribution in [0.15, 0.2) is 66.7 Å². The highest BCUT2D eigenvalue weighted by atomic mass is 35.5. The van der Waals surface area contributed by atoms with Gasteiger partial charge < -0.3 is 15.4 Å². The minimum atomic E-state index is -0.274. The van der Waals surface area contributed by atoms with Crippen LogP contribution >= 0.6 is 12.4 Å². The Hall–Kier alpha value is -2.56. The van der Waals surface area contributed by atoms with Gasteiger partial charge in [-0.3, -0.25) is 4.79 Å². The number of amides is 1. The van der Waals surface area contributed by atoms with Crippen LogP contribution in [-0.2, 0) is 17.9 Å². The number of ether oxygens (including phenoxy) is 1. The summed E-state index contributed by atoms with van der Waals surface area (Å²) in [4.78, 5) is 12.2. The van der Waals surface area contributed by atoms with Gasteiger partial charge in [-0.05, 0) is 43.2 Å². The van der Waals surface area contributed by atoms with Crippen molar-refractivity contribution >= 4 is 29.1 Å². The average molecular weight is 413 g/mol. The maximum Gasteiger partial charge on any atom is 0.258 e. The standard InChI is InChI=1S/C24H28N2O2.ClH/c1-24(2,3)26-23(27)17-28-22-14-13-19-11-7-8-12-20(19)21(22)16-25-15-18-9-5-4-6-10-18;/h4-14,25H,15-17H2,1-3H3,(H,26,27);1H. The fourth-order valence-electron chi connectivity index (χ4n) is 3.16. The topological polar surface area (TPSA) is 50.4 Å². The largest absolute Gasteiger partial charge is 0.483 e. The van der Waals surface area contributed by atoms with E-state index in [9.17, 15) is 4.79 Å². The maximum absolute atomic E-state index is 12.2. The van der Waals surface area contributed by atoms with Crippen molar-refractivity contribution in [3.05, 3.63) is 77.9 Å². The molecule has 29 heavy (non-hydrogen) atoms. The summed E-state index contributed by atoms with van der Waals surface area (Å²) in [6, 6.07) is 22.5. The lowest BCUT2D eigenvalue weighted by atomic mass is 10.0. The Kier molecular flexibility index (Phi) is 8.06. The van der Waals surface area contributed by atoms with E-state index in [4.69, 9.17) is 4.74 Å². The molecule has 0 aromatic heterocycles. The molecule has 0 fully saturated rings. The molecule has 2 N–H and O–H groups in total.